The van der Waals surface area contributed by atoms with E-state index in [1.165, 1.54) is 0 Å². The van der Waals surface area contributed by atoms with Gasteiger partial charge in [-0.2, -0.15) is 0 Å². The second-order valence-electron chi connectivity index (χ2n) is 5.29. The molecule has 4 aromatic rings. The molecule has 0 saturated heterocycles. The Kier molecular flexibility index (Phi) is 4.04. The zero-order chi connectivity index (χ0) is 16.7. The Labute approximate surface area is 156 Å². The molecule has 0 aliphatic carbocycles. The molecule has 1 aromatic carbocycles. The number of anilines is 2. The number of hydrogen-bond donors (Lipinski definition) is 1. The van der Waals surface area contributed by atoms with Gasteiger partial charge in [0.05, 0.1) is 11.4 Å². The number of imidazole rings is 1. The number of rotatable bonds is 3. The fourth-order valence-electron chi connectivity index (χ4n) is 2.54. The Morgan fingerprint density at radius 1 is 1.12 bits per heavy atom. The van der Waals surface area contributed by atoms with E-state index in [0.717, 1.165) is 38.0 Å². The first-order chi connectivity index (χ1) is 11.6. The predicted molar refractivity (Wildman–Crippen MR) is 103 cm³/mol. The highest BCUT2D eigenvalue weighted by atomic mass is 79.9. The van der Waals surface area contributed by atoms with Gasteiger partial charge in [0.2, 0.25) is 0 Å². The van der Waals surface area contributed by atoms with Gasteiger partial charge in [-0.15, -0.1) is 11.3 Å². The van der Waals surface area contributed by atoms with Gasteiger partial charge in [-0.1, -0.05) is 11.6 Å². The van der Waals surface area contributed by atoms with Gasteiger partial charge in [0, 0.05) is 26.8 Å². The Morgan fingerprint density at radius 2 is 1.92 bits per heavy atom. The number of fused-ring (bicyclic) bond motifs is 1. The van der Waals surface area contributed by atoms with Crippen molar-refractivity contribution in [2.24, 2.45) is 0 Å². The summed E-state index contributed by atoms with van der Waals surface area (Å²) in [4.78, 5) is 9.31. The van der Waals surface area contributed by atoms with E-state index in [2.05, 4.69) is 30.6 Å². The number of hydrogen-bond acceptors (Lipinski definition) is 4. The van der Waals surface area contributed by atoms with E-state index in [4.69, 9.17) is 16.6 Å². The summed E-state index contributed by atoms with van der Waals surface area (Å²) in [5, 5.41) is 6.88. The minimum absolute atomic E-state index is 0.715. The van der Waals surface area contributed by atoms with Crippen LogP contribution in [0.4, 0.5) is 10.8 Å². The molecule has 0 atom stereocenters. The molecule has 0 aliphatic heterocycles. The quantitative estimate of drug-likeness (QED) is 0.448. The van der Waals surface area contributed by atoms with Crippen molar-refractivity contribution in [3.63, 3.8) is 0 Å². The molecule has 4 rings (SSSR count). The second-order valence-corrected chi connectivity index (χ2v) is 7.50. The fraction of sp³-hybridized carbons (Fsp3) is 0.0588. The molecule has 3 aromatic heterocycles. The van der Waals surface area contributed by atoms with Crippen LogP contribution in [0.2, 0.25) is 5.02 Å². The Bertz CT molecular complexity index is 1020. The summed E-state index contributed by atoms with van der Waals surface area (Å²) in [5.41, 5.74) is 4.73. The molecule has 0 spiro atoms. The maximum atomic E-state index is 5.92. The lowest BCUT2D eigenvalue weighted by Gasteiger charge is -2.02. The van der Waals surface area contributed by atoms with E-state index >= 15 is 0 Å². The van der Waals surface area contributed by atoms with Crippen molar-refractivity contribution < 1.29 is 0 Å². The van der Waals surface area contributed by atoms with E-state index in [1.807, 2.05) is 54.9 Å². The van der Waals surface area contributed by atoms with Gasteiger partial charge < -0.3 is 5.32 Å². The number of thiazole rings is 1. The van der Waals surface area contributed by atoms with Gasteiger partial charge in [-0.3, -0.25) is 4.40 Å². The van der Waals surface area contributed by atoms with Crippen molar-refractivity contribution in [1.82, 2.24) is 14.4 Å². The van der Waals surface area contributed by atoms with E-state index in [-0.39, 0.29) is 0 Å². The third-order valence-electron chi connectivity index (χ3n) is 3.60. The van der Waals surface area contributed by atoms with Crippen LogP contribution < -0.4 is 5.32 Å². The van der Waals surface area contributed by atoms with Crippen molar-refractivity contribution in [2.75, 3.05) is 5.32 Å². The van der Waals surface area contributed by atoms with Gasteiger partial charge in [0.25, 0.3) is 0 Å². The average Bonchev–Trinajstić information content (AvgIpc) is 3.12. The molecule has 120 valence electrons. The molecule has 0 fully saturated rings. The molecule has 1 N–H and O–H groups in total. The molecule has 3 heterocycles. The number of nitrogens with zero attached hydrogens (tertiary/aromatic N) is 3. The summed E-state index contributed by atoms with van der Waals surface area (Å²) >= 11 is 11.0. The van der Waals surface area contributed by atoms with E-state index in [1.54, 1.807) is 11.3 Å². The summed E-state index contributed by atoms with van der Waals surface area (Å²) in [5.74, 6) is 0. The zero-order valence-corrected chi connectivity index (χ0v) is 15.8. The minimum atomic E-state index is 0.715. The van der Waals surface area contributed by atoms with Crippen molar-refractivity contribution in [1.29, 1.82) is 0 Å². The van der Waals surface area contributed by atoms with Crippen molar-refractivity contribution in [3.8, 4) is 11.4 Å². The lowest BCUT2D eigenvalue weighted by Crippen LogP contribution is -1.92. The SMILES string of the molecule is Cc1nc2ccc(Br)cn2c1-c1csc(Nc2ccc(Cl)cc2)n1. The van der Waals surface area contributed by atoms with Crippen molar-refractivity contribution in [3.05, 3.63) is 63.2 Å². The van der Waals surface area contributed by atoms with Crippen LogP contribution in [0.25, 0.3) is 17.0 Å². The summed E-state index contributed by atoms with van der Waals surface area (Å²) in [6.07, 6.45) is 2.01. The summed E-state index contributed by atoms with van der Waals surface area (Å²) < 4.78 is 3.06. The van der Waals surface area contributed by atoms with Gasteiger partial charge in [0.1, 0.15) is 11.3 Å². The molecule has 0 saturated carbocycles. The van der Waals surface area contributed by atoms with Crippen molar-refractivity contribution in [2.45, 2.75) is 6.92 Å². The highest BCUT2D eigenvalue weighted by Gasteiger charge is 2.14. The monoisotopic (exact) mass is 418 g/mol. The molecule has 0 aliphatic rings. The predicted octanol–water partition coefficient (Wildman–Crippen LogP) is 5.93. The van der Waals surface area contributed by atoms with Gasteiger partial charge >= 0.3 is 0 Å². The Hall–Kier alpha value is -1.89. The Balaban J connectivity index is 1.71. The first-order valence-corrected chi connectivity index (χ1v) is 9.28. The number of halogens is 2. The molecule has 24 heavy (non-hydrogen) atoms. The van der Waals surface area contributed by atoms with E-state index in [9.17, 15) is 0 Å². The second kappa shape index (κ2) is 6.20. The maximum Gasteiger partial charge on any atom is 0.187 e. The molecule has 7 heteroatoms. The topological polar surface area (TPSA) is 42.2 Å². The highest BCUT2D eigenvalue weighted by molar-refractivity contribution is 9.10. The molecular formula is C17H12BrClN4S. The van der Waals surface area contributed by atoms with Crippen LogP contribution in [-0.4, -0.2) is 14.4 Å². The van der Waals surface area contributed by atoms with E-state index in [0.29, 0.717) is 5.02 Å². The highest BCUT2D eigenvalue weighted by Crippen LogP contribution is 2.30. The molecular weight excluding hydrogens is 408 g/mol. The number of benzene rings is 1. The summed E-state index contributed by atoms with van der Waals surface area (Å²) in [7, 11) is 0. The van der Waals surface area contributed by atoms with E-state index < -0.39 is 0 Å². The van der Waals surface area contributed by atoms with Crippen LogP contribution in [0.5, 0.6) is 0 Å². The molecule has 0 bridgehead atoms. The van der Waals surface area contributed by atoms with Gasteiger partial charge in [-0.05, 0) is 59.3 Å². The van der Waals surface area contributed by atoms with Crippen LogP contribution in [0.1, 0.15) is 5.69 Å². The lowest BCUT2D eigenvalue weighted by atomic mass is 10.3. The summed E-state index contributed by atoms with van der Waals surface area (Å²) in [6.45, 7) is 2.00. The Morgan fingerprint density at radius 3 is 2.71 bits per heavy atom. The average molecular weight is 420 g/mol. The largest absolute Gasteiger partial charge is 0.332 e. The fourth-order valence-corrected chi connectivity index (χ4v) is 3.72. The molecule has 0 amide bonds. The first kappa shape index (κ1) is 15.6. The van der Waals surface area contributed by atoms with Crippen LogP contribution in [0.3, 0.4) is 0 Å². The smallest absolute Gasteiger partial charge is 0.187 e. The molecule has 4 nitrogen and oxygen atoms in total. The third kappa shape index (κ3) is 2.92. The minimum Gasteiger partial charge on any atom is -0.332 e. The number of nitrogens with one attached hydrogen (secondary N) is 1. The standard InChI is InChI=1S/C17H12BrClN4S/c1-10-16(23-8-11(18)2-7-15(23)20-10)14-9-24-17(22-14)21-13-5-3-12(19)4-6-13/h2-9H,1H3,(H,21,22). The number of aromatic nitrogens is 3. The first-order valence-electron chi connectivity index (χ1n) is 7.23. The zero-order valence-electron chi connectivity index (χ0n) is 12.6. The van der Waals surface area contributed by atoms with Crippen LogP contribution >= 0.6 is 38.9 Å². The van der Waals surface area contributed by atoms with Crippen LogP contribution in [0.15, 0.2) is 52.4 Å². The molecule has 0 radical (unpaired) electrons. The molecule has 0 unspecified atom stereocenters. The van der Waals surface area contributed by atoms with Crippen LogP contribution in [-0.2, 0) is 0 Å². The maximum absolute atomic E-state index is 5.92. The number of pyridine rings is 1. The number of aryl methyl sites for hydroxylation is 1. The normalized spacial score (nSPS) is 11.1. The van der Waals surface area contributed by atoms with Crippen molar-refractivity contribution >= 4 is 55.3 Å². The van der Waals surface area contributed by atoms with Gasteiger partial charge in [0.15, 0.2) is 5.13 Å². The van der Waals surface area contributed by atoms with Crippen LogP contribution in [0, 0.1) is 6.92 Å². The summed E-state index contributed by atoms with van der Waals surface area (Å²) in [6, 6.07) is 11.5. The lowest BCUT2D eigenvalue weighted by molar-refractivity contribution is 1.16. The third-order valence-corrected chi connectivity index (χ3v) is 5.08. The van der Waals surface area contributed by atoms with Gasteiger partial charge in [-0.25, -0.2) is 9.97 Å².